The third kappa shape index (κ3) is 4.99. The number of ether oxygens (including phenoxy) is 2. The number of carbonyl (C=O) groups is 2. The Kier molecular flexibility index (Phi) is 6.45. The van der Waals surface area contributed by atoms with Crippen LogP contribution in [-0.2, 0) is 9.53 Å². The average molecular weight is 395 g/mol. The van der Waals surface area contributed by atoms with Gasteiger partial charge in [-0.2, -0.15) is 0 Å². The molecule has 0 aliphatic rings. The average Bonchev–Trinajstić information content (AvgIpc) is 2.72. The summed E-state index contributed by atoms with van der Waals surface area (Å²) in [4.78, 5) is 25.3. The maximum absolute atomic E-state index is 12.9. The molecule has 3 rings (SSSR count). The summed E-state index contributed by atoms with van der Waals surface area (Å²) in [5, 5.41) is 0.531. The van der Waals surface area contributed by atoms with Crippen molar-refractivity contribution < 1.29 is 19.1 Å². The molecule has 0 bridgehead atoms. The smallest absolute Gasteiger partial charge is 0.345 e. The van der Waals surface area contributed by atoms with E-state index in [0.29, 0.717) is 21.9 Å². The number of esters is 1. The fourth-order valence-electron chi connectivity index (χ4n) is 2.68. The molecule has 0 saturated heterocycles. The Bertz CT molecular complexity index is 952. The van der Waals surface area contributed by atoms with Crippen LogP contribution in [0.2, 0.25) is 5.02 Å². The molecular formula is C23H19ClO4. The minimum absolute atomic E-state index is 0.295. The first-order valence-corrected chi connectivity index (χ1v) is 9.15. The quantitative estimate of drug-likeness (QED) is 0.408. The number of aryl methyl sites for hydroxylation is 1. The van der Waals surface area contributed by atoms with Gasteiger partial charge in [0.2, 0.25) is 5.78 Å². The van der Waals surface area contributed by atoms with Gasteiger partial charge >= 0.3 is 5.97 Å². The van der Waals surface area contributed by atoms with Crippen molar-refractivity contribution in [2.45, 2.75) is 13.0 Å². The molecule has 0 N–H and O–H groups in total. The van der Waals surface area contributed by atoms with Gasteiger partial charge in [0.25, 0.3) is 0 Å². The van der Waals surface area contributed by atoms with E-state index in [4.69, 9.17) is 21.1 Å². The van der Waals surface area contributed by atoms with Gasteiger partial charge in [-0.3, -0.25) is 4.79 Å². The number of rotatable bonds is 7. The number of para-hydroxylation sites is 1. The third-order valence-electron chi connectivity index (χ3n) is 4.16. The van der Waals surface area contributed by atoms with Gasteiger partial charge in [-0.05, 0) is 30.7 Å². The van der Waals surface area contributed by atoms with E-state index in [1.165, 1.54) is 0 Å². The highest BCUT2D eigenvalue weighted by Crippen LogP contribution is 2.25. The molecule has 0 fully saturated rings. The lowest BCUT2D eigenvalue weighted by molar-refractivity contribution is -0.149. The zero-order chi connectivity index (χ0) is 19.9. The Morgan fingerprint density at radius 3 is 2.21 bits per heavy atom. The Labute approximate surface area is 168 Å². The highest BCUT2D eigenvalue weighted by molar-refractivity contribution is 6.30. The van der Waals surface area contributed by atoms with Gasteiger partial charge in [-0.15, -0.1) is 0 Å². The number of benzene rings is 3. The Morgan fingerprint density at radius 1 is 0.893 bits per heavy atom. The van der Waals surface area contributed by atoms with E-state index in [1.54, 1.807) is 54.6 Å². The summed E-state index contributed by atoms with van der Waals surface area (Å²) in [6.45, 7) is 1.59. The monoisotopic (exact) mass is 394 g/mol. The fourth-order valence-corrected chi connectivity index (χ4v) is 2.81. The molecule has 0 heterocycles. The maximum atomic E-state index is 12.9. The van der Waals surface area contributed by atoms with Crippen LogP contribution in [0, 0.1) is 6.92 Å². The highest BCUT2D eigenvalue weighted by atomic mass is 35.5. The van der Waals surface area contributed by atoms with Crippen LogP contribution in [0.4, 0.5) is 0 Å². The number of carbonyl (C=O) groups excluding carboxylic acids is 2. The summed E-state index contributed by atoms with van der Waals surface area (Å²) in [6, 6.07) is 22.7. The summed E-state index contributed by atoms with van der Waals surface area (Å²) in [5.74, 6) is -0.350. The van der Waals surface area contributed by atoms with Crippen molar-refractivity contribution in [2.24, 2.45) is 0 Å². The first-order valence-electron chi connectivity index (χ1n) is 8.77. The van der Waals surface area contributed by atoms with Crippen LogP contribution in [0.1, 0.15) is 27.6 Å². The van der Waals surface area contributed by atoms with E-state index in [0.717, 1.165) is 5.56 Å². The standard InChI is InChI=1S/C23H19ClO4/c1-16-7-5-6-10-20(16)27-15-21(25)28-23(18-11-13-19(24)14-12-18)22(26)17-8-3-2-4-9-17/h2-14,23H,15H2,1H3/t23-/m1/s1. The summed E-state index contributed by atoms with van der Waals surface area (Å²) >= 11 is 5.94. The predicted octanol–water partition coefficient (Wildman–Crippen LogP) is 5.19. The number of hydrogen-bond acceptors (Lipinski definition) is 4. The SMILES string of the molecule is Cc1ccccc1OCC(=O)O[C@@H](C(=O)c1ccccc1)c1ccc(Cl)cc1. The molecule has 0 radical (unpaired) electrons. The van der Waals surface area contributed by atoms with Crippen molar-refractivity contribution in [3.63, 3.8) is 0 Å². The van der Waals surface area contributed by atoms with E-state index in [2.05, 4.69) is 0 Å². The first-order chi connectivity index (χ1) is 13.5. The molecule has 3 aromatic carbocycles. The molecular weight excluding hydrogens is 376 g/mol. The summed E-state index contributed by atoms with van der Waals surface area (Å²) < 4.78 is 11.0. The van der Waals surface area contributed by atoms with Gasteiger partial charge in [0.05, 0.1) is 0 Å². The number of hydrogen-bond donors (Lipinski definition) is 0. The lowest BCUT2D eigenvalue weighted by Gasteiger charge is -2.18. The van der Waals surface area contributed by atoms with Crippen LogP contribution in [0.25, 0.3) is 0 Å². The predicted molar refractivity (Wildman–Crippen MR) is 108 cm³/mol. The Balaban J connectivity index is 1.77. The van der Waals surface area contributed by atoms with Gasteiger partial charge in [0.15, 0.2) is 12.7 Å². The summed E-state index contributed by atoms with van der Waals surface area (Å²) in [7, 11) is 0. The second kappa shape index (κ2) is 9.20. The van der Waals surface area contributed by atoms with Gasteiger partial charge in [0.1, 0.15) is 5.75 Å². The molecule has 0 aliphatic carbocycles. The number of halogens is 1. The first kappa shape index (κ1) is 19.6. The minimum atomic E-state index is -1.08. The van der Waals surface area contributed by atoms with E-state index in [-0.39, 0.29) is 12.4 Å². The van der Waals surface area contributed by atoms with Crippen LogP contribution in [-0.4, -0.2) is 18.4 Å². The van der Waals surface area contributed by atoms with Gasteiger partial charge < -0.3 is 9.47 Å². The lowest BCUT2D eigenvalue weighted by Crippen LogP contribution is -2.23. The molecule has 4 nitrogen and oxygen atoms in total. The zero-order valence-corrected chi connectivity index (χ0v) is 16.1. The van der Waals surface area contributed by atoms with Crippen molar-refractivity contribution in [2.75, 3.05) is 6.61 Å². The summed E-state index contributed by atoms with van der Waals surface area (Å²) in [5.41, 5.74) is 1.91. The van der Waals surface area contributed by atoms with Crippen molar-refractivity contribution in [3.05, 3.63) is 101 Å². The molecule has 0 aromatic heterocycles. The van der Waals surface area contributed by atoms with Crippen molar-refractivity contribution in [1.29, 1.82) is 0 Å². The van der Waals surface area contributed by atoms with Crippen LogP contribution in [0.3, 0.4) is 0 Å². The van der Waals surface area contributed by atoms with E-state index >= 15 is 0 Å². The molecule has 0 amide bonds. The molecule has 1 atom stereocenters. The van der Waals surface area contributed by atoms with Gasteiger partial charge in [-0.25, -0.2) is 4.79 Å². The van der Waals surface area contributed by atoms with E-state index < -0.39 is 12.1 Å². The molecule has 0 unspecified atom stereocenters. The van der Waals surface area contributed by atoms with Crippen LogP contribution in [0.15, 0.2) is 78.9 Å². The minimum Gasteiger partial charge on any atom is -0.482 e. The normalized spacial score (nSPS) is 11.5. The molecule has 0 spiro atoms. The number of ketones is 1. The van der Waals surface area contributed by atoms with E-state index in [9.17, 15) is 9.59 Å². The molecule has 0 saturated carbocycles. The largest absolute Gasteiger partial charge is 0.482 e. The topological polar surface area (TPSA) is 52.6 Å². The molecule has 3 aromatic rings. The van der Waals surface area contributed by atoms with Crippen molar-refractivity contribution in [1.82, 2.24) is 0 Å². The molecule has 142 valence electrons. The molecule has 5 heteroatoms. The summed E-state index contributed by atoms with van der Waals surface area (Å²) in [6.07, 6.45) is -1.08. The Hall–Kier alpha value is -3.11. The van der Waals surface area contributed by atoms with Crippen LogP contribution in [0.5, 0.6) is 5.75 Å². The Morgan fingerprint density at radius 2 is 1.54 bits per heavy atom. The zero-order valence-electron chi connectivity index (χ0n) is 15.3. The maximum Gasteiger partial charge on any atom is 0.345 e. The number of Topliss-reactive ketones (excluding diaryl/α,β-unsaturated/α-hetero) is 1. The molecule has 0 aliphatic heterocycles. The lowest BCUT2D eigenvalue weighted by atomic mass is 10.00. The van der Waals surface area contributed by atoms with E-state index in [1.807, 2.05) is 31.2 Å². The van der Waals surface area contributed by atoms with Crippen LogP contribution < -0.4 is 4.74 Å². The van der Waals surface area contributed by atoms with Gasteiger partial charge in [-0.1, -0.05) is 72.3 Å². The van der Waals surface area contributed by atoms with Crippen molar-refractivity contribution >= 4 is 23.4 Å². The van der Waals surface area contributed by atoms with Gasteiger partial charge in [0, 0.05) is 16.1 Å². The fraction of sp³-hybridized carbons (Fsp3) is 0.130. The third-order valence-corrected chi connectivity index (χ3v) is 4.41. The van der Waals surface area contributed by atoms with Crippen molar-refractivity contribution in [3.8, 4) is 5.75 Å². The highest BCUT2D eigenvalue weighted by Gasteiger charge is 2.26. The second-order valence-corrected chi connectivity index (χ2v) is 6.64. The second-order valence-electron chi connectivity index (χ2n) is 6.21. The van der Waals surface area contributed by atoms with Crippen LogP contribution >= 0.6 is 11.6 Å². The molecule has 28 heavy (non-hydrogen) atoms.